The first-order valence-electron chi connectivity index (χ1n) is 10.9. The molecule has 0 aromatic heterocycles. The number of aldehydes is 1. The molecule has 0 unspecified atom stereocenters. The molecule has 0 amide bonds. The van der Waals surface area contributed by atoms with Gasteiger partial charge in [0.2, 0.25) is 0 Å². The lowest BCUT2D eigenvalue weighted by atomic mass is 9.41. The average molecular weight is 402 g/mol. The van der Waals surface area contributed by atoms with Gasteiger partial charge in [-0.1, -0.05) is 13.0 Å². The molecule has 29 heavy (non-hydrogen) atoms. The first-order valence-corrected chi connectivity index (χ1v) is 10.9. The third-order valence-electron chi connectivity index (χ3n) is 9.30. The van der Waals surface area contributed by atoms with Crippen LogP contribution in [0.1, 0.15) is 58.3 Å². The number of esters is 1. The van der Waals surface area contributed by atoms with E-state index in [9.17, 15) is 24.9 Å². The standard InChI is InChI=1S/C23H30O6/c1-20-6-3-17-18(4-8-22(27)11-15(25)2-7-21(17,22)13-24)23(20,28)9-5-16(20)14-10-19(26)29-12-14/h5,10,13,15,17-18,25,27-28H,2-4,6-9,11-12H2,1H3/t15-,17+,18-,20+,21-,22-,23-/m0/s1. The van der Waals surface area contributed by atoms with Crippen LogP contribution in [-0.2, 0) is 14.3 Å². The highest BCUT2D eigenvalue weighted by Gasteiger charge is 2.70. The number of aliphatic hydroxyl groups excluding tert-OH is 1. The van der Waals surface area contributed by atoms with E-state index in [2.05, 4.69) is 13.0 Å². The van der Waals surface area contributed by atoms with Crippen LogP contribution in [-0.4, -0.2) is 51.5 Å². The van der Waals surface area contributed by atoms with Gasteiger partial charge < -0.3 is 24.9 Å². The van der Waals surface area contributed by atoms with Crippen molar-refractivity contribution in [3.63, 3.8) is 0 Å². The Morgan fingerprint density at radius 2 is 1.90 bits per heavy atom. The molecule has 6 heteroatoms. The minimum Gasteiger partial charge on any atom is -0.458 e. The molecule has 0 aromatic carbocycles. The largest absolute Gasteiger partial charge is 0.458 e. The van der Waals surface area contributed by atoms with Gasteiger partial charge in [-0.15, -0.1) is 0 Å². The summed E-state index contributed by atoms with van der Waals surface area (Å²) < 4.78 is 5.11. The monoisotopic (exact) mass is 402 g/mol. The van der Waals surface area contributed by atoms with E-state index < -0.39 is 28.1 Å². The van der Waals surface area contributed by atoms with Crippen LogP contribution in [0, 0.1) is 22.7 Å². The minimum absolute atomic E-state index is 0.102. The van der Waals surface area contributed by atoms with Crippen molar-refractivity contribution in [2.45, 2.75) is 75.6 Å². The highest BCUT2D eigenvalue weighted by molar-refractivity contribution is 5.86. The fourth-order valence-corrected chi connectivity index (χ4v) is 7.74. The minimum atomic E-state index is -1.19. The van der Waals surface area contributed by atoms with Gasteiger partial charge in [0.25, 0.3) is 0 Å². The zero-order chi connectivity index (χ0) is 20.7. The Labute approximate surface area is 170 Å². The molecule has 7 atom stereocenters. The Kier molecular flexibility index (Phi) is 4.04. The topological polar surface area (TPSA) is 104 Å². The number of carbonyl (C=O) groups excluding carboxylic acids is 2. The van der Waals surface area contributed by atoms with E-state index in [1.165, 1.54) is 6.08 Å². The summed E-state index contributed by atoms with van der Waals surface area (Å²) in [5, 5.41) is 33.6. The molecule has 6 nitrogen and oxygen atoms in total. The number of aliphatic hydroxyl groups is 3. The number of hydrogen-bond acceptors (Lipinski definition) is 6. The highest BCUT2D eigenvalue weighted by atomic mass is 16.5. The van der Waals surface area contributed by atoms with Crippen molar-refractivity contribution in [2.75, 3.05) is 6.61 Å². The van der Waals surface area contributed by atoms with Crippen LogP contribution >= 0.6 is 0 Å². The predicted octanol–water partition coefficient (Wildman–Crippen LogP) is 1.82. The van der Waals surface area contributed by atoms with E-state index in [1.807, 2.05) is 0 Å². The zero-order valence-electron chi connectivity index (χ0n) is 16.9. The van der Waals surface area contributed by atoms with Crippen molar-refractivity contribution in [3.8, 4) is 0 Å². The second-order valence-electron chi connectivity index (χ2n) is 10.2. The Hall–Kier alpha value is -1.50. The smallest absolute Gasteiger partial charge is 0.331 e. The van der Waals surface area contributed by atoms with Crippen molar-refractivity contribution in [2.24, 2.45) is 22.7 Å². The molecule has 1 aliphatic heterocycles. The third kappa shape index (κ3) is 2.28. The fraction of sp³-hybridized carbons (Fsp3) is 0.739. The van der Waals surface area contributed by atoms with Crippen LogP contribution < -0.4 is 0 Å². The summed E-state index contributed by atoms with van der Waals surface area (Å²) in [6.07, 6.45) is 8.13. The van der Waals surface area contributed by atoms with Gasteiger partial charge in [0.1, 0.15) is 12.9 Å². The van der Waals surface area contributed by atoms with Gasteiger partial charge in [-0.25, -0.2) is 4.79 Å². The van der Waals surface area contributed by atoms with Gasteiger partial charge in [0, 0.05) is 23.5 Å². The molecule has 0 saturated heterocycles. The van der Waals surface area contributed by atoms with Crippen molar-refractivity contribution in [1.82, 2.24) is 0 Å². The van der Waals surface area contributed by atoms with Crippen molar-refractivity contribution < 1.29 is 29.6 Å². The van der Waals surface area contributed by atoms with E-state index in [-0.39, 0.29) is 30.8 Å². The number of hydrogen-bond donors (Lipinski definition) is 3. The Morgan fingerprint density at radius 3 is 2.59 bits per heavy atom. The van der Waals surface area contributed by atoms with Crippen molar-refractivity contribution >= 4 is 12.3 Å². The second-order valence-corrected chi connectivity index (χ2v) is 10.2. The Balaban J connectivity index is 1.52. The molecule has 3 fully saturated rings. The molecule has 3 N–H and O–H groups in total. The lowest BCUT2D eigenvalue weighted by molar-refractivity contribution is -0.242. The fourth-order valence-electron chi connectivity index (χ4n) is 7.74. The van der Waals surface area contributed by atoms with Crippen LogP contribution in [0.3, 0.4) is 0 Å². The Bertz CT molecular complexity index is 831. The van der Waals surface area contributed by atoms with Gasteiger partial charge in [0.15, 0.2) is 0 Å². The molecule has 0 radical (unpaired) electrons. The molecule has 0 aromatic rings. The molecule has 1 heterocycles. The van der Waals surface area contributed by atoms with Crippen LogP contribution in [0.5, 0.6) is 0 Å². The summed E-state index contributed by atoms with van der Waals surface area (Å²) >= 11 is 0. The number of cyclic esters (lactones) is 1. The third-order valence-corrected chi connectivity index (χ3v) is 9.30. The summed E-state index contributed by atoms with van der Waals surface area (Å²) in [5.41, 5.74) is -1.75. The van der Waals surface area contributed by atoms with E-state index >= 15 is 0 Å². The maximum Gasteiger partial charge on any atom is 0.331 e. The lowest BCUT2D eigenvalue weighted by Crippen LogP contribution is -2.68. The molecule has 0 bridgehead atoms. The van der Waals surface area contributed by atoms with E-state index in [0.29, 0.717) is 38.5 Å². The predicted molar refractivity (Wildman–Crippen MR) is 104 cm³/mol. The summed E-state index contributed by atoms with van der Waals surface area (Å²) in [5.74, 6) is -0.543. The molecule has 158 valence electrons. The lowest BCUT2D eigenvalue weighted by Gasteiger charge is -2.65. The second kappa shape index (κ2) is 6.02. The number of carbonyl (C=O) groups is 2. The zero-order valence-corrected chi connectivity index (χ0v) is 16.9. The van der Waals surface area contributed by atoms with E-state index in [0.717, 1.165) is 23.9 Å². The van der Waals surface area contributed by atoms with Crippen LogP contribution in [0.4, 0.5) is 0 Å². The first-order chi connectivity index (χ1) is 13.7. The normalized spacial score (nSPS) is 51.3. The SMILES string of the molecule is C[C@]12CC[C@@H]3[C@H](CC[C@]4(O)C[C@@H](O)CC[C@]34C=O)[C@@]1(O)CC=C2C1=CC(=O)OC1. The molecular formula is C23H30O6. The molecular weight excluding hydrogens is 372 g/mol. The maximum absolute atomic E-state index is 12.5. The summed E-state index contributed by atoms with van der Waals surface area (Å²) in [6, 6.07) is 0. The quantitative estimate of drug-likeness (QED) is 0.481. The number of ether oxygens (including phenoxy) is 1. The molecule has 5 rings (SSSR count). The first kappa shape index (κ1) is 19.5. The number of fused-ring (bicyclic) bond motifs is 5. The van der Waals surface area contributed by atoms with Crippen molar-refractivity contribution in [3.05, 3.63) is 23.3 Å². The van der Waals surface area contributed by atoms with E-state index in [1.54, 1.807) is 0 Å². The highest BCUT2D eigenvalue weighted by Crippen LogP contribution is 2.69. The van der Waals surface area contributed by atoms with Gasteiger partial charge >= 0.3 is 5.97 Å². The number of rotatable bonds is 2. The molecule has 0 spiro atoms. The molecule has 4 aliphatic carbocycles. The molecule has 3 saturated carbocycles. The van der Waals surface area contributed by atoms with Gasteiger partial charge in [-0.2, -0.15) is 0 Å². The van der Waals surface area contributed by atoms with Crippen LogP contribution in [0.15, 0.2) is 23.3 Å². The van der Waals surface area contributed by atoms with Crippen LogP contribution in [0.2, 0.25) is 0 Å². The molecule has 5 aliphatic rings. The van der Waals surface area contributed by atoms with Gasteiger partial charge in [-0.3, -0.25) is 0 Å². The summed E-state index contributed by atoms with van der Waals surface area (Å²) in [4.78, 5) is 24.1. The van der Waals surface area contributed by atoms with Gasteiger partial charge in [-0.05, 0) is 62.4 Å². The summed E-state index contributed by atoms with van der Waals surface area (Å²) in [7, 11) is 0. The average Bonchev–Trinajstić information content (AvgIpc) is 3.21. The van der Waals surface area contributed by atoms with Crippen LogP contribution in [0.25, 0.3) is 0 Å². The van der Waals surface area contributed by atoms with E-state index in [4.69, 9.17) is 4.74 Å². The maximum atomic E-state index is 12.5. The van der Waals surface area contributed by atoms with Crippen molar-refractivity contribution in [1.29, 1.82) is 0 Å². The Morgan fingerprint density at radius 1 is 1.14 bits per heavy atom. The van der Waals surface area contributed by atoms with Gasteiger partial charge in [0.05, 0.1) is 22.7 Å². The summed E-state index contributed by atoms with van der Waals surface area (Å²) in [6.45, 7) is 2.32.